The van der Waals surface area contributed by atoms with E-state index in [2.05, 4.69) is 25.9 Å². The molecule has 1 saturated carbocycles. The van der Waals surface area contributed by atoms with Gasteiger partial charge in [0.05, 0.1) is 0 Å². The van der Waals surface area contributed by atoms with E-state index in [1.807, 2.05) is 32.9 Å². The molecule has 0 aromatic carbocycles. The van der Waals surface area contributed by atoms with Crippen LogP contribution < -0.4 is 20.7 Å². The fraction of sp³-hybridized carbons (Fsp3) is 0.667. The molecule has 0 atom stereocenters. The van der Waals surface area contributed by atoms with E-state index in [1.54, 1.807) is 13.2 Å². The Morgan fingerprint density at radius 2 is 1.93 bits per heavy atom. The lowest BCUT2D eigenvalue weighted by Crippen LogP contribution is -2.39. The van der Waals surface area contributed by atoms with E-state index < -0.39 is 11.7 Å². The molecule has 0 aliphatic heterocycles. The first-order valence-electron chi connectivity index (χ1n) is 10.4. The first-order chi connectivity index (χ1) is 13.9. The van der Waals surface area contributed by atoms with E-state index >= 15 is 0 Å². The maximum absolute atomic E-state index is 11.6. The summed E-state index contributed by atoms with van der Waals surface area (Å²) in [5, 5.41) is 9.26. The third kappa shape index (κ3) is 9.49. The number of carbonyl (C=O) groups excluding carboxylic acids is 1. The molecule has 1 aliphatic carbocycles. The van der Waals surface area contributed by atoms with Gasteiger partial charge < -0.3 is 25.4 Å². The van der Waals surface area contributed by atoms with Gasteiger partial charge >= 0.3 is 6.09 Å². The van der Waals surface area contributed by atoms with Crippen molar-refractivity contribution in [1.29, 1.82) is 0 Å². The highest BCUT2D eigenvalue weighted by molar-refractivity contribution is 5.79. The van der Waals surface area contributed by atoms with Gasteiger partial charge in [-0.15, -0.1) is 0 Å². The number of carbonyl (C=O) groups is 1. The van der Waals surface area contributed by atoms with Crippen molar-refractivity contribution in [1.82, 2.24) is 20.9 Å². The average molecular weight is 406 g/mol. The summed E-state index contributed by atoms with van der Waals surface area (Å²) in [4.78, 5) is 20.1. The number of aromatic nitrogens is 1. The predicted molar refractivity (Wildman–Crippen MR) is 114 cm³/mol. The molecule has 8 heteroatoms. The van der Waals surface area contributed by atoms with Crippen molar-refractivity contribution >= 4 is 12.1 Å². The highest BCUT2D eigenvalue weighted by Gasteiger charge is 2.17. The first-order valence-corrected chi connectivity index (χ1v) is 10.4. The number of aliphatic imine (C=N–C) groups is 1. The van der Waals surface area contributed by atoms with Gasteiger partial charge in [-0.3, -0.25) is 4.99 Å². The summed E-state index contributed by atoms with van der Waals surface area (Å²) in [7, 11) is 1.73. The molecule has 0 spiro atoms. The molecular weight excluding hydrogens is 370 g/mol. The van der Waals surface area contributed by atoms with Crippen LogP contribution in [-0.4, -0.2) is 48.9 Å². The van der Waals surface area contributed by atoms with Gasteiger partial charge in [-0.25, -0.2) is 9.78 Å². The Balaban J connectivity index is 1.65. The van der Waals surface area contributed by atoms with Crippen LogP contribution in [0.1, 0.15) is 58.4 Å². The molecule has 1 aromatic rings. The Morgan fingerprint density at radius 1 is 1.21 bits per heavy atom. The van der Waals surface area contributed by atoms with Gasteiger partial charge in [-0.05, 0) is 64.5 Å². The number of nitrogens with zero attached hydrogens (tertiary/aromatic N) is 2. The van der Waals surface area contributed by atoms with Gasteiger partial charge in [0.1, 0.15) is 11.7 Å². The number of alkyl carbamates (subject to hydrolysis) is 1. The number of ether oxygens (including phenoxy) is 2. The number of hydrogen-bond donors (Lipinski definition) is 3. The van der Waals surface area contributed by atoms with Gasteiger partial charge in [-0.2, -0.15) is 0 Å². The normalized spacial score (nSPS) is 15.1. The quantitative estimate of drug-likeness (QED) is 0.349. The Labute approximate surface area is 173 Å². The fourth-order valence-corrected chi connectivity index (χ4v) is 3.01. The summed E-state index contributed by atoms with van der Waals surface area (Å²) in [5.74, 6) is 1.39. The summed E-state index contributed by atoms with van der Waals surface area (Å²) in [5.41, 5.74) is 0.603. The highest BCUT2D eigenvalue weighted by Crippen LogP contribution is 2.23. The molecule has 8 nitrogen and oxygen atoms in total. The molecule has 29 heavy (non-hydrogen) atoms. The maximum atomic E-state index is 11.6. The third-order valence-corrected chi connectivity index (χ3v) is 4.39. The molecule has 2 rings (SSSR count). The van der Waals surface area contributed by atoms with Gasteiger partial charge in [0.15, 0.2) is 5.96 Å². The van der Waals surface area contributed by atoms with Crippen molar-refractivity contribution in [3.05, 3.63) is 23.9 Å². The minimum absolute atomic E-state index is 0.300. The molecule has 0 saturated heterocycles. The van der Waals surface area contributed by atoms with Crippen LogP contribution in [0.2, 0.25) is 0 Å². The number of pyridine rings is 1. The van der Waals surface area contributed by atoms with Crippen LogP contribution in [0.4, 0.5) is 4.79 Å². The van der Waals surface area contributed by atoms with Crippen molar-refractivity contribution in [2.45, 2.75) is 71.1 Å². The molecule has 1 aliphatic rings. The second kappa shape index (κ2) is 11.5. The van der Waals surface area contributed by atoms with Crippen LogP contribution >= 0.6 is 0 Å². The van der Waals surface area contributed by atoms with Crippen molar-refractivity contribution in [3.63, 3.8) is 0 Å². The minimum atomic E-state index is -0.483. The Kier molecular flexibility index (Phi) is 9.02. The molecule has 3 N–H and O–H groups in total. The lowest BCUT2D eigenvalue weighted by Gasteiger charge is -2.19. The number of amides is 1. The second-order valence-corrected chi connectivity index (χ2v) is 8.16. The molecule has 0 radical (unpaired) electrons. The molecule has 0 unspecified atom stereocenters. The number of nitrogens with one attached hydrogen (secondary N) is 3. The largest absolute Gasteiger partial charge is 0.474 e. The van der Waals surface area contributed by atoms with Crippen LogP contribution in [0.5, 0.6) is 5.88 Å². The van der Waals surface area contributed by atoms with E-state index in [9.17, 15) is 4.79 Å². The van der Waals surface area contributed by atoms with Crippen LogP contribution in [0.15, 0.2) is 23.3 Å². The zero-order chi connectivity index (χ0) is 21.1. The molecular formula is C21H35N5O3. The van der Waals surface area contributed by atoms with E-state index in [1.165, 1.54) is 12.8 Å². The highest BCUT2D eigenvalue weighted by atomic mass is 16.6. The monoisotopic (exact) mass is 405 g/mol. The lowest BCUT2D eigenvalue weighted by molar-refractivity contribution is 0.0527. The summed E-state index contributed by atoms with van der Waals surface area (Å²) < 4.78 is 11.2. The first kappa shape index (κ1) is 22.8. The van der Waals surface area contributed by atoms with Crippen LogP contribution in [0.3, 0.4) is 0 Å². The van der Waals surface area contributed by atoms with Gasteiger partial charge in [0, 0.05) is 38.9 Å². The summed E-state index contributed by atoms with van der Waals surface area (Å²) in [6, 6.07) is 3.94. The van der Waals surface area contributed by atoms with Crippen molar-refractivity contribution in [3.8, 4) is 5.88 Å². The summed E-state index contributed by atoms with van der Waals surface area (Å²) in [6.45, 7) is 7.37. The van der Waals surface area contributed by atoms with Gasteiger partial charge in [0.2, 0.25) is 5.88 Å². The molecule has 1 fully saturated rings. The van der Waals surface area contributed by atoms with E-state index in [0.29, 0.717) is 37.6 Å². The Hall–Kier alpha value is -2.51. The van der Waals surface area contributed by atoms with Crippen LogP contribution in [0.25, 0.3) is 0 Å². The van der Waals surface area contributed by atoms with E-state index in [-0.39, 0.29) is 0 Å². The van der Waals surface area contributed by atoms with E-state index in [4.69, 9.17) is 9.47 Å². The standard InChI is InChI=1S/C21H35N5O3/c1-21(2,3)29-20(27)25-12-7-11-24-19(22-4)26-15-16-10-13-23-18(14-16)28-17-8-5-6-9-17/h10,13-14,17H,5-9,11-12,15H2,1-4H3,(H,25,27)(H2,22,24,26). The molecule has 1 heterocycles. The topological polar surface area (TPSA) is 96.9 Å². The third-order valence-electron chi connectivity index (χ3n) is 4.39. The summed E-state index contributed by atoms with van der Waals surface area (Å²) in [6.07, 6.45) is 7.15. The van der Waals surface area contributed by atoms with Gasteiger partial charge in [0.25, 0.3) is 0 Å². The molecule has 162 valence electrons. The van der Waals surface area contributed by atoms with Crippen molar-refractivity contribution < 1.29 is 14.3 Å². The molecule has 0 bridgehead atoms. The second-order valence-electron chi connectivity index (χ2n) is 8.16. The van der Waals surface area contributed by atoms with Gasteiger partial charge in [-0.1, -0.05) is 0 Å². The van der Waals surface area contributed by atoms with Crippen molar-refractivity contribution in [2.75, 3.05) is 20.1 Å². The zero-order valence-corrected chi connectivity index (χ0v) is 18.1. The fourth-order valence-electron chi connectivity index (χ4n) is 3.01. The smallest absolute Gasteiger partial charge is 0.407 e. The SMILES string of the molecule is CN=C(NCCCNC(=O)OC(C)(C)C)NCc1ccnc(OC2CCCC2)c1. The van der Waals surface area contributed by atoms with Crippen molar-refractivity contribution in [2.24, 2.45) is 4.99 Å². The van der Waals surface area contributed by atoms with Crippen LogP contribution in [-0.2, 0) is 11.3 Å². The summed E-state index contributed by atoms with van der Waals surface area (Å²) >= 11 is 0. The number of guanidine groups is 1. The number of rotatable bonds is 8. The number of hydrogen-bond acceptors (Lipinski definition) is 5. The molecule has 1 aromatic heterocycles. The zero-order valence-electron chi connectivity index (χ0n) is 18.1. The Bertz CT molecular complexity index is 667. The molecule has 1 amide bonds. The predicted octanol–water partition coefficient (Wildman–Crippen LogP) is 2.98. The average Bonchev–Trinajstić information content (AvgIpc) is 3.16. The Morgan fingerprint density at radius 3 is 2.62 bits per heavy atom. The van der Waals surface area contributed by atoms with Crippen LogP contribution in [0, 0.1) is 0 Å². The lowest BCUT2D eigenvalue weighted by atomic mass is 10.2. The minimum Gasteiger partial charge on any atom is -0.474 e. The maximum Gasteiger partial charge on any atom is 0.407 e. The van der Waals surface area contributed by atoms with E-state index in [0.717, 1.165) is 24.8 Å².